The maximum atomic E-state index is 12.7. The van der Waals surface area contributed by atoms with Crippen LogP contribution in [0.5, 0.6) is 0 Å². The summed E-state index contributed by atoms with van der Waals surface area (Å²) in [5.41, 5.74) is 0.523. The van der Waals surface area contributed by atoms with Crippen molar-refractivity contribution in [1.82, 2.24) is 14.8 Å². The van der Waals surface area contributed by atoms with E-state index in [1.54, 1.807) is 0 Å². The van der Waals surface area contributed by atoms with E-state index in [0.29, 0.717) is 17.6 Å². The fraction of sp³-hybridized carbons (Fsp3) is 0.500. The quantitative estimate of drug-likeness (QED) is 0.432. The lowest BCUT2D eigenvalue weighted by Crippen LogP contribution is -2.20. The molecule has 0 bridgehead atoms. The summed E-state index contributed by atoms with van der Waals surface area (Å²) in [6, 6.07) is 4.25. The van der Waals surface area contributed by atoms with Gasteiger partial charge in [-0.3, -0.25) is 4.79 Å². The second-order valence-electron chi connectivity index (χ2n) is 7.94. The predicted molar refractivity (Wildman–Crippen MR) is 119 cm³/mol. The molecule has 1 aliphatic heterocycles. The Labute approximate surface area is 195 Å². The largest absolute Gasteiger partial charge is 0.465 e. The van der Waals surface area contributed by atoms with Gasteiger partial charge in [0.1, 0.15) is 5.82 Å². The Morgan fingerprint density at radius 1 is 1.15 bits per heavy atom. The lowest BCUT2D eigenvalue weighted by molar-refractivity contribution is -0.113. The number of thioether (sulfide) groups is 1. The molecule has 1 atom stereocenters. The second kappa shape index (κ2) is 10.3. The summed E-state index contributed by atoms with van der Waals surface area (Å²) < 4.78 is 17.4. The molecule has 2 aromatic rings. The van der Waals surface area contributed by atoms with E-state index in [9.17, 15) is 14.4 Å². The van der Waals surface area contributed by atoms with Gasteiger partial charge in [-0.25, -0.2) is 9.59 Å². The van der Waals surface area contributed by atoms with Crippen molar-refractivity contribution in [1.29, 1.82) is 0 Å². The first-order valence-electron chi connectivity index (χ1n) is 10.8. The van der Waals surface area contributed by atoms with Crippen LogP contribution in [0, 0.1) is 0 Å². The van der Waals surface area contributed by atoms with Gasteiger partial charge < -0.3 is 24.1 Å². The van der Waals surface area contributed by atoms with Crippen LogP contribution in [0.2, 0.25) is 0 Å². The average Bonchev–Trinajstić information content (AvgIpc) is 3.39. The summed E-state index contributed by atoms with van der Waals surface area (Å²) in [5, 5.41) is 12.0. The van der Waals surface area contributed by atoms with E-state index in [1.807, 2.05) is 0 Å². The molecular formula is C22H26N4O6S. The van der Waals surface area contributed by atoms with Crippen molar-refractivity contribution in [2.45, 2.75) is 49.4 Å². The topological polar surface area (TPSA) is 122 Å². The van der Waals surface area contributed by atoms with Crippen molar-refractivity contribution in [2.24, 2.45) is 0 Å². The third kappa shape index (κ3) is 5.53. The molecule has 11 heteroatoms. The lowest BCUT2D eigenvalue weighted by Gasteiger charge is -2.14. The number of carbonyl (C=O) groups excluding carboxylic acids is 3. The number of anilines is 1. The maximum Gasteiger partial charge on any atom is 0.339 e. The van der Waals surface area contributed by atoms with E-state index in [4.69, 9.17) is 14.2 Å². The van der Waals surface area contributed by atoms with Crippen LogP contribution in [0.15, 0.2) is 23.4 Å². The van der Waals surface area contributed by atoms with E-state index in [2.05, 4.69) is 20.1 Å². The van der Waals surface area contributed by atoms with Gasteiger partial charge in [-0.1, -0.05) is 11.8 Å². The first-order chi connectivity index (χ1) is 16.0. The van der Waals surface area contributed by atoms with Crippen LogP contribution in [0.3, 0.4) is 0 Å². The van der Waals surface area contributed by atoms with Gasteiger partial charge in [-0.15, -0.1) is 10.2 Å². The number of aromatic nitrogens is 3. The molecule has 10 nitrogen and oxygen atoms in total. The molecule has 0 radical (unpaired) electrons. The molecule has 2 fully saturated rings. The number of benzene rings is 1. The number of hydrogen-bond acceptors (Lipinski definition) is 9. The fourth-order valence-electron chi connectivity index (χ4n) is 3.71. The van der Waals surface area contributed by atoms with Crippen LogP contribution in [0.1, 0.15) is 58.1 Å². The van der Waals surface area contributed by atoms with Crippen LogP contribution in [-0.4, -0.2) is 65.3 Å². The third-order valence-electron chi connectivity index (χ3n) is 5.55. The molecule has 176 valence electrons. The van der Waals surface area contributed by atoms with E-state index in [0.717, 1.165) is 38.1 Å². The summed E-state index contributed by atoms with van der Waals surface area (Å²) in [7, 11) is 2.50. The zero-order chi connectivity index (χ0) is 23.4. The molecule has 0 spiro atoms. The molecule has 2 aliphatic rings. The van der Waals surface area contributed by atoms with E-state index >= 15 is 0 Å². The standard InChI is InChI=1S/C22H26N4O6S/c1-30-20(28)14-7-8-16(21(29)31-2)17(10-14)23-18(27)12-33-22-25-24-19(13-5-6-13)26(22)11-15-4-3-9-32-15/h7-8,10,13,15H,3-6,9,11-12H2,1-2H3,(H,23,27). The number of nitrogens with zero attached hydrogens (tertiary/aromatic N) is 3. The number of ether oxygens (including phenoxy) is 3. The highest BCUT2D eigenvalue weighted by Crippen LogP contribution is 2.40. The molecule has 2 heterocycles. The van der Waals surface area contributed by atoms with Crippen molar-refractivity contribution in [3.8, 4) is 0 Å². The second-order valence-corrected chi connectivity index (χ2v) is 8.88. The molecule has 1 unspecified atom stereocenters. The van der Waals surface area contributed by atoms with Crippen LogP contribution in [0.25, 0.3) is 0 Å². The van der Waals surface area contributed by atoms with E-state index < -0.39 is 11.9 Å². The number of amides is 1. The normalized spacial score (nSPS) is 17.6. The Hall–Kier alpha value is -2.92. The van der Waals surface area contributed by atoms with Gasteiger partial charge >= 0.3 is 11.9 Å². The van der Waals surface area contributed by atoms with Crippen LogP contribution >= 0.6 is 11.8 Å². The third-order valence-corrected chi connectivity index (χ3v) is 6.52. The van der Waals surface area contributed by atoms with Gasteiger partial charge in [0.15, 0.2) is 5.16 Å². The number of carbonyl (C=O) groups is 3. The minimum atomic E-state index is -0.625. The number of hydrogen-bond donors (Lipinski definition) is 1. The van der Waals surface area contributed by atoms with Gasteiger partial charge in [0.05, 0.1) is 49.4 Å². The minimum absolute atomic E-state index is 0.0530. The highest BCUT2D eigenvalue weighted by molar-refractivity contribution is 7.99. The number of methoxy groups -OCH3 is 2. The van der Waals surface area contributed by atoms with E-state index in [1.165, 1.54) is 44.2 Å². The molecule has 1 saturated carbocycles. The van der Waals surface area contributed by atoms with Crippen molar-refractivity contribution >= 4 is 35.3 Å². The Morgan fingerprint density at radius 3 is 2.61 bits per heavy atom. The Bertz CT molecular complexity index is 1050. The van der Waals surface area contributed by atoms with Crippen LogP contribution < -0.4 is 5.32 Å². The highest BCUT2D eigenvalue weighted by Gasteiger charge is 2.32. The summed E-state index contributed by atoms with van der Waals surface area (Å²) in [4.78, 5) is 36.7. The van der Waals surface area contributed by atoms with Crippen molar-refractivity contribution < 1.29 is 28.6 Å². The fourth-order valence-corrected chi connectivity index (χ4v) is 4.47. The van der Waals surface area contributed by atoms with Crippen LogP contribution in [-0.2, 0) is 25.5 Å². The molecule has 4 rings (SSSR count). The molecule has 1 N–H and O–H groups in total. The SMILES string of the molecule is COC(=O)c1ccc(C(=O)OC)c(NC(=O)CSc2nnc(C3CC3)n2CC2CCCO2)c1. The molecule has 1 amide bonds. The summed E-state index contributed by atoms with van der Waals surface area (Å²) in [5.74, 6) is -0.132. The number of nitrogens with one attached hydrogen (secondary N) is 1. The molecular weight excluding hydrogens is 448 g/mol. The highest BCUT2D eigenvalue weighted by atomic mass is 32.2. The van der Waals surface area contributed by atoms with Gasteiger partial charge in [0.25, 0.3) is 0 Å². The maximum absolute atomic E-state index is 12.7. The first kappa shape index (κ1) is 23.2. The van der Waals surface area contributed by atoms with E-state index in [-0.39, 0.29) is 34.6 Å². The zero-order valence-electron chi connectivity index (χ0n) is 18.5. The summed E-state index contributed by atoms with van der Waals surface area (Å²) in [6.45, 7) is 1.44. The monoisotopic (exact) mass is 474 g/mol. The Balaban J connectivity index is 1.46. The van der Waals surface area contributed by atoms with Gasteiger partial charge in [0.2, 0.25) is 5.91 Å². The van der Waals surface area contributed by atoms with Crippen molar-refractivity contribution in [3.63, 3.8) is 0 Å². The van der Waals surface area contributed by atoms with Crippen molar-refractivity contribution in [2.75, 3.05) is 31.9 Å². The van der Waals surface area contributed by atoms with Gasteiger partial charge in [0, 0.05) is 12.5 Å². The average molecular weight is 475 g/mol. The molecule has 1 saturated heterocycles. The zero-order valence-corrected chi connectivity index (χ0v) is 19.4. The first-order valence-corrected chi connectivity index (χ1v) is 11.8. The summed E-state index contributed by atoms with van der Waals surface area (Å²) in [6.07, 6.45) is 4.38. The predicted octanol–water partition coefficient (Wildman–Crippen LogP) is 2.64. The summed E-state index contributed by atoms with van der Waals surface area (Å²) >= 11 is 1.27. The molecule has 1 aromatic carbocycles. The molecule has 1 aliphatic carbocycles. The Morgan fingerprint density at radius 2 is 1.94 bits per heavy atom. The van der Waals surface area contributed by atoms with Crippen molar-refractivity contribution in [3.05, 3.63) is 35.2 Å². The van der Waals surface area contributed by atoms with Gasteiger partial charge in [-0.05, 0) is 43.9 Å². The molecule has 33 heavy (non-hydrogen) atoms. The van der Waals surface area contributed by atoms with Gasteiger partial charge in [-0.2, -0.15) is 0 Å². The molecule has 1 aromatic heterocycles. The Kier molecular flexibility index (Phi) is 7.29. The number of esters is 2. The lowest BCUT2D eigenvalue weighted by atomic mass is 10.1. The minimum Gasteiger partial charge on any atom is -0.465 e. The van der Waals surface area contributed by atoms with Crippen LogP contribution in [0.4, 0.5) is 5.69 Å². The number of rotatable bonds is 9. The smallest absolute Gasteiger partial charge is 0.339 e.